The molecule has 2 aromatic rings. The molecule has 144 valence electrons. The maximum Gasteiger partial charge on any atom is 0.349 e. The lowest BCUT2D eigenvalue weighted by Gasteiger charge is -2.19. The molecular weight excluding hydrogens is 366 g/mol. The Morgan fingerprint density at radius 3 is 2.59 bits per heavy atom. The van der Waals surface area contributed by atoms with Crippen molar-refractivity contribution >= 4 is 33.4 Å². The van der Waals surface area contributed by atoms with Gasteiger partial charge in [-0.3, -0.25) is 14.2 Å². The molecule has 4 heterocycles. The van der Waals surface area contributed by atoms with E-state index in [0.29, 0.717) is 27.2 Å². The Labute approximate surface area is 160 Å². The highest BCUT2D eigenvalue weighted by Gasteiger charge is 2.25. The van der Waals surface area contributed by atoms with Gasteiger partial charge in [-0.15, -0.1) is 11.3 Å². The molecule has 0 bridgehead atoms. The summed E-state index contributed by atoms with van der Waals surface area (Å²) in [6.07, 6.45) is 5.97. The van der Waals surface area contributed by atoms with Crippen molar-refractivity contribution in [2.75, 3.05) is 19.7 Å². The minimum atomic E-state index is -0.553. The van der Waals surface area contributed by atoms with Crippen LogP contribution in [0.3, 0.4) is 0 Å². The monoisotopic (exact) mass is 389 g/mol. The molecule has 27 heavy (non-hydrogen) atoms. The van der Waals surface area contributed by atoms with Crippen molar-refractivity contribution < 1.29 is 14.3 Å². The number of aromatic nitrogens is 2. The minimum absolute atomic E-state index is 0.0825. The number of aryl methyl sites for hydroxylation is 2. The van der Waals surface area contributed by atoms with Crippen LogP contribution in [-0.4, -0.2) is 46.0 Å². The molecule has 7 nitrogen and oxygen atoms in total. The van der Waals surface area contributed by atoms with Gasteiger partial charge in [-0.1, -0.05) is 12.8 Å². The van der Waals surface area contributed by atoms with Gasteiger partial charge in [0.15, 0.2) is 6.61 Å². The Bertz CT molecular complexity index is 954. The Morgan fingerprint density at radius 2 is 1.85 bits per heavy atom. The highest BCUT2D eigenvalue weighted by Crippen LogP contribution is 2.29. The zero-order valence-corrected chi connectivity index (χ0v) is 16.3. The van der Waals surface area contributed by atoms with E-state index in [-0.39, 0.29) is 18.1 Å². The Morgan fingerprint density at radius 1 is 1.11 bits per heavy atom. The number of ether oxygens (including phenoxy) is 1. The van der Waals surface area contributed by atoms with E-state index in [1.54, 1.807) is 16.4 Å². The van der Waals surface area contributed by atoms with Gasteiger partial charge in [0.1, 0.15) is 15.5 Å². The van der Waals surface area contributed by atoms with Crippen molar-refractivity contribution in [3.05, 3.63) is 26.6 Å². The highest BCUT2D eigenvalue weighted by molar-refractivity contribution is 7.20. The molecule has 0 N–H and O–H groups in total. The summed E-state index contributed by atoms with van der Waals surface area (Å²) in [4.78, 5) is 44.8. The number of rotatable bonds is 3. The molecule has 0 spiro atoms. The molecule has 0 radical (unpaired) electrons. The van der Waals surface area contributed by atoms with Crippen LogP contribution in [0.4, 0.5) is 0 Å². The molecule has 1 saturated heterocycles. The van der Waals surface area contributed by atoms with Crippen LogP contribution in [0.1, 0.15) is 53.2 Å². The number of hydrogen-bond donors (Lipinski definition) is 0. The van der Waals surface area contributed by atoms with Crippen molar-refractivity contribution in [3.8, 4) is 0 Å². The summed E-state index contributed by atoms with van der Waals surface area (Å²) in [5, 5.41) is 0.497. The first kappa shape index (κ1) is 18.2. The number of carbonyl (C=O) groups is 2. The molecule has 0 unspecified atom stereocenters. The second-order valence-electron chi connectivity index (χ2n) is 7.20. The Balaban J connectivity index is 1.51. The van der Waals surface area contributed by atoms with Crippen LogP contribution in [0.15, 0.2) is 4.79 Å². The first-order valence-electron chi connectivity index (χ1n) is 9.54. The largest absolute Gasteiger partial charge is 0.451 e. The summed E-state index contributed by atoms with van der Waals surface area (Å²) in [5.41, 5.74) is 0.517. The number of nitrogens with zero attached hydrogens (tertiary/aromatic N) is 3. The number of carbonyl (C=O) groups excluding carboxylic acids is 2. The smallest absolute Gasteiger partial charge is 0.349 e. The van der Waals surface area contributed by atoms with Crippen LogP contribution in [0.25, 0.3) is 10.2 Å². The van der Waals surface area contributed by atoms with Crippen LogP contribution in [0.5, 0.6) is 0 Å². The molecule has 0 aromatic carbocycles. The highest BCUT2D eigenvalue weighted by atomic mass is 32.1. The van der Waals surface area contributed by atoms with Gasteiger partial charge in [0.2, 0.25) is 0 Å². The van der Waals surface area contributed by atoms with E-state index >= 15 is 0 Å². The molecule has 1 fully saturated rings. The number of hydrogen-bond acceptors (Lipinski definition) is 6. The third-order valence-corrected chi connectivity index (χ3v) is 6.55. The molecule has 4 rings (SSSR count). The number of likely N-dealkylation sites (tertiary alicyclic amines) is 1. The molecule has 0 atom stereocenters. The molecule has 2 aliphatic rings. The SMILES string of the molecule is Cc1c(C(=O)OCC(=O)N2CCCCCC2)sc2nc3n(c(=O)c12)CCC3. The van der Waals surface area contributed by atoms with Crippen molar-refractivity contribution in [2.45, 2.75) is 52.0 Å². The van der Waals surface area contributed by atoms with E-state index in [0.717, 1.165) is 57.4 Å². The summed E-state index contributed by atoms with van der Waals surface area (Å²) in [7, 11) is 0. The van der Waals surface area contributed by atoms with Crippen molar-refractivity contribution in [3.63, 3.8) is 0 Å². The summed E-state index contributed by atoms with van der Waals surface area (Å²) in [6.45, 7) is 3.62. The number of amides is 1. The summed E-state index contributed by atoms with van der Waals surface area (Å²) in [5.74, 6) is 0.0782. The topological polar surface area (TPSA) is 81.5 Å². The lowest BCUT2D eigenvalue weighted by molar-refractivity contribution is -0.134. The molecule has 2 aromatic heterocycles. The summed E-state index contributed by atoms with van der Waals surface area (Å²) < 4.78 is 6.97. The van der Waals surface area contributed by atoms with Crippen LogP contribution in [0.2, 0.25) is 0 Å². The van der Waals surface area contributed by atoms with Crippen molar-refractivity contribution in [1.82, 2.24) is 14.5 Å². The van der Waals surface area contributed by atoms with Crippen LogP contribution < -0.4 is 5.56 Å². The summed E-state index contributed by atoms with van der Waals surface area (Å²) >= 11 is 1.18. The van der Waals surface area contributed by atoms with Crippen LogP contribution >= 0.6 is 11.3 Å². The average molecular weight is 389 g/mol. The molecule has 0 saturated carbocycles. The zero-order chi connectivity index (χ0) is 19.0. The maximum absolute atomic E-state index is 12.7. The second-order valence-corrected chi connectivity index (χ2v) is 8.19. The third-order valence-electron chi connectivity index (χ3n) is 5.38. The minimum Gasteiger partial charge on any atom is -0.451 e. The van der Waals surface area contributed by atoms with Gasteiger partial charge >= 0.3 is 5.97 Å². The molecule has 1 amide bonds. The maximum atomic E-state index is 12.7. The number of fused-ring (bicyclic) bond motifs is 2. The van der Waals surface area contributed by atoms with Gasteiger partial charge in [-0.05, 0) is 31.7 Å². The molecular formula is C19H23N3O4S. The van der Waals surface area contributed by atoms with Gasteiger partial charge in [0.05, 0.1) is 5.39 Å². The third kappa shape index (κ3) is 3.38. The summed E-state index contributed by atoms with van der Waals surface area (Å²) in [6, 6.07) is 0. The second kappa shape index (κ2) is 7.42. The Kier molecular flexibility index (Phi) is 4.99. The molecule has 2 aliphatic heterocycles. The lowest BCUT2D eigenvalue weighted by Crippen LogP contribution is -2.35. The zero-order valence-electron chi connectivity index (χ0n) is 15.5. The van der Waals surface area contributed by atoms with E-state index in [1.165, 1.54) is 11.3 Å². The fourth-order valence-electron chi connectivity index (χ4n) is 3.87. The average Bonchev–Trinajstić information content (AvgIpc) is 3.14. The first-order chi connectivity index (χ1) is 13.1. The van der Waals surface area contributed by atoms with Crippen LogP contribution in [0, 0.1) is 6.92 Å². The fourth-order valence-corrected chi connectivity index (χ4v) is 4.96. The molecule has 0 aliphatic carbocycles. The first-order valence-corrected chi connectivity index (χ1v) is 10.4. The lowest BCUT2D eigenvalue weighted by atomic mass is 10.2. The predicted molar refractivity (Wildman–Crippen MR) is 102 cm³/mol. The quantitative estimate of drug-likeness (QED) is 0.752. The van der Waals surface area contributed by atoms with Crippen molar-refractivity contribution in [2.24, 2.45) is 0 Å². The van der Waals surface area contributed by atoms with Gasteiger partial charge in [-0.25, -0.2) is 9.78 Å². The van der Waals surface area contributed by atoms with Gasteiger partial charge < -0.3 is 9.64 Å². The van der Waals surface area contributed by atoms with E-state index in [9.17, 15) is 14.4 Å². The standard InChI is InChI=1S/C19H23N3O4S/c1-12-15-17(20-13-7-6-10-22(13)18(15)24)27-16(12)19(25)26-11-14(23)21-8-4-2-3-5-9-21/h2-11H2,1H3. The molecule has 8 heteroatoms. The number of esters is 1. The van der Waals surface area contributed by atoms with Crippen LogP contribution in [-0.2, 0) is 22.5 Å². The fraction of sp³-hybridized carbons (Fsp3) is 0.579. The van der Waals surface area contributed by atoms with Gasteiger partial charge in [-0.2, -0.15) is 0 Å². The van der Waals surface area contributed by atoms with E-state index in [4.69, 9.17) is 4.74 Å². The predicted octanol–water partition coefficient (Wildman–Crippen LogP) is 2.27. The van der Waals surface area contributed by atoms with E-state index in [1.807, 2.05) is 0 Å². The van der Waals surface area contributed by atoms with E-state index in [2.05, 4.69) is 4.98 Å². The Hall–Kier alpha value is -2.22. The van der Waals surface area contributed by atoms with Crippen molar-refractivity contribution in [1.29, 1.82) is 0 Å². The number of thiophene rings is 1. The van der Waals surface area contributed by atoms with Gasteiger partial charge in [0.25, 0.3) is 11.5 Å². The van der Waals surface area contributed by atoms with E-state index < -0.39 is 5.97 Å². The van der Waals surface area contributed by atoms with Gasteiger partial charge in [0, 0.05) is 26.1 Å². The normalized spacial score (nSPS) is 17.0.